The average molecular weight is 639 g/mol. The van der Waals surface area contributed by atoms with Gasteiger partial charge in [0, 0.05) is 26.9 Å². The van der Waals surface area contributed by atoms with Gasteiger partial charge in [-0.15, -0.1) is 0 Å². The van der Waals surface area contributed by atoms with Crippen LogP contribution in [0.2, 0.25) is 0 Å². The Balaban J connectivity index is 1.12. The lowest BCUT2D eigenvalue weighted by molar-refractivity contribution is 0.667. The number of fused-ring (bicyclic) bond motifs is 10. The normalized spacial score (nSPS) is 13.7. The van der Waals surface area contributed by atoms with Crippen LogP contribution in [0.4, 0.5) is 0 Å². The monoisotopic (exact) mass is 638 g/mol. The van der Waals surface area contributed by atoms with E-state index in [9.17, 15) is 0 Å². The quantitative estimate of drug-likeness (QED) is 0.180. The third-order valence-corrected chi connectivity index (χ3v) is 10.8. The van der Waals surface area contributed by atoms with Gasteiger partial charge in [0.2, 0.25) is 0 Å². The van der Waals surface area contributed by atoms with Crippen LogP contribution in [0.15, 0.2) is 167 Å². The molecular weight excluding hydrogens is 609 g/mol. The van der Waals surface area contributed by atoms with Crippen LogP contribution in [0.1, 0.15) is 24.0 Å². The molecule has 1 aliphatic rings. The number of allylic oxidation sites excluding steroid dienone is 4. The summed E-state index contributed by atoms with van der Waals surface area (Å²) in [4.78, 5) is 0. The minimum absolute atomic E-state index is 0.880. The summed E-state index contributed by atoms with van der Waals surface area (Å²) in [5.41, 5.74) is 11.5. The van der Waals surface area contributed by atoms with Crippen LogP contribution in [0.3, 0.4) is 0 Å². The Hall–Kier alpha value is -6.38. The predicted molar refractivity (Wildman–Crippen MR) is 211 cm³/mol. The highest BCUT2D eigenvalue weighted by molar-refractivity contribution is 6.22. The predicted octanol–water partition coefficient (Wildman–Crippen LogP) is 13.9. The van der Waals surface area contributed by atoms with Gasteiger partial charge < -0.3 is 8.83 Å². The highest BCUT2D eigenvalue weighted by Gasteiger charge is 2.21. The Kier molecular flexibility index (Phi) is 5.82. The Bertz CT molecular complexity index is 3020. The number of hydrogen-bond donors (Lipinski definition) is 0. The second kappa shape index (κ2) is 10.6. The van der Waals surface area contributed by atoms with Crippen molar-refractivity contribution in [2.24, 2.45) is 0 Å². The van der Waals surface area contributed by atoms with Gasteiger partial charge in [-0.2, -0.15) is 0 Å². The number of para-hydroxylation sites is 1. The second-order valence-corrected chi connectivity index (χ2v) is 13.5. The third-order valence-electron chi connectivity index (χ3n) is 10.8. The van der Waals surface area contributed by atoms with Gasteiger partial charge in [-0.25, -0.2) is 0 Å². The van der Waals surface area contributed by atoms with Gasteiger partial charge in [-0.1, -0.05) is 121 Å². The summed E-state index contributed by atoms with van der Waals surface area (Å²) in [7, 11) is 0. The van der Waals surface area contributed by atoms with Crippen molar-refractivity contribution >= 4 is 87.3 Å². The van der Waals surface area contributed by atoms with E-state index in [1.54, 1.807) is 0 Å². The van der Waals surface area contributed by atoms with E-state index in [4.69, 9.17) is 8.83 Å². The zero-order valence-electron chi connectivity index (χ0n) is 27.2. The number of benzene rings is 8. The van der Waals surface area contributed by atoms with Crippen LogP contribution in [0.5, 0.6) is 0 Å². The fourth-order valence-electron chi connectivity index (χ4n) is 8.46. The van der Waals surface area contributed by atoms with Crippen molar-refractivity contribution in [1.29, 1.82) is 0 Å². The molecule has 11 rings (SSSR count). The van der Waals surface area contributed by atoms with Crippen molar-refractivity contribution in [3.05, 3.63) is 169 Å². The first-order valence-electron chi connectivity index (χ1n) is 17.4. The smallest absolute Gasteiger partial charge is 0.143 e. The van der Waals surface area contributed by atoms with Gasteiger partial charge in [0.05, 0.1) is 0 Å². The van der Waals surface area contributed by atoms with Crippen LogP contribution in [0.25, 0.3) is 98.5 Å². The van der Waals surface area contributed by atoms with Crippen LogP contribution < -0.4 is 0 Å². The molecule has 0 aliphatic heterocycles. The lowest BCUT2D eigenvalue weighted by atomic mass is 9.82. The minimum Gasteiger partial charge on any atom is -0.456 e. The maximum absolute atomic E-state index is 6.64. The number of furan rings is 2. The lowest BCUT2D eigenvalue weighted by Gasteiger charge is -2.21. The summed E-state index contributed by atoms with van der Waals surface area (Å²) in [6, 6.07) is 52.4. The van der Waals surface area contributed by atoms with Crippen LogP contribution in [0, 0.1) is 0 Å². The summed E-state index contributed by atoms with van der Waals surface area (Å²) in [6.45, 7) is 0. The van der Waals surface area contributed by atoms with Crippen molar-refractivity contribution in [3.8, 4) is 11.1 Å². The first-order chi connectivity index (χ1) is 24.8. The zero-order valence-corrected chi connectivity index (χ0v) is 27.2. The molecule has 1 aliphatic carbocycles. The summed E-state index contributed by atoms with van der Waals surface area (Å²) in [5.74, 6) is 0. The molecule has 2 heteroatoms. The second-order valence-electron chi connectivity index (χ2n) is 13.5. The van der Waals surface area contributed by atoms with Gasteiger partial charge >= 0.3 is 0 Å². The first kappa shape index (κ1) is 27.6. The molecule has 0 saturated carbocycles. The molecule has 0 radical (unpaired) electrons. The van der Waals surface area contributed by atoms with E-state index in [1.165, 1.54) is 54.9 Å². The van der Waals surface area contributed by atoms with Crippen molar-refractivity contribution in [2.75, 3.05) is 0 Å². The first-order valence-corrected chi connectivity index (χ1v) is 17.4. The van der Waals surface area contributed by atoms with Crippen molar-refractivity contribution in [2.45, 2.75) is 12.8 Å². The standard InChI is InChI=1S/C48H30O2/c1-2-10-29(11-3-1)30-18-20-31(21-19-30)46-35-13-4-6-15-37(35)47(38-16-7-5-14-36(38)46)33-23-25-44-42(27-33)39-24-22-32-26-41-34-12-8-9-17-43(34)49-45(41)28-40(32)48(39)50-44/h1-18,20,22-28H,19,21H2. The van der Waals surface area contributed by atoms with Gasteiger partial charge in [-0.3, -0.25) is 0 Å². The molecule has 0 fully saturated rings. The molecule has 50 heavy (non-hydrogen) atoms. The molecular formula is C48H30O2. The SMILES string of the molecule is C1=C(c2ccccc2)CCC(c2c3ccccc3c(-c3ccc4oc5c6cc7oc8ccccc8c7cc6ccc5c4c3)c3ccccc23)=C1. The highest BCUT2D eigenvalue weighted by atomic mass is 16.3. The van der Waals surface area contributed by atoms with E-state index in [0.717, 1.165) is 67.5 Å². The van der Waals surface area contributed by atoms with E-state index < -0.39 is 0 Å². The average Bonchev–Trinajstić information content (AvgIpc) is 3.74. The molecule has 2 aromatic heterocycles. The summed E-state index contributed by atoms with van der Waals surface area (Å²) < 4.78 is 12.9. The van der Waals surface area contributed by atoms with Crippen molar-refractivity contribution in [1.82, 2.24) is 0 Å². The molecule has 2 heterocycles. The van der Waals surface area contributed by atoms with Gasteiger partial charge in [0.15, 0.2) is 0 Å². The molecule has 8 aromatic carbocycles. The number of hydrogen-bond acceptors (Lipinski definition) is 2. The molecule has 0 bridgehead atoms. The largest absolute Gasteiger partial charge is 0.456 e. The molecule has 234 valence electrons. The highest BCUT2D eigenvalue weighted by Crippen LogP contribution is 2.46. The fourth-order valence-corrected chi connectivity index (χ4v) is 8.46. The maximum Gasteiger partial charge on any atom is 0.143 e. The Morgan fingerprint density at radius 2 is 0.960 bits per heavy atom. The molecule has 0 N–H and O–H groups in total. The van der Waals surface area contributed by atoms with E-state index in [-0.39, 0.29) is 0 Å². The molecule has 10 aromatic rings. The lowest BCUT2D eigenvalue weighted by Crippen LogP contribution is -1.97. The van der Waals surface area contributed by atoms with E-state index in [0.29, 0.717) is 0 Å². The Morgan fingerprint density at radius 3 is 1.70 bits per heavy atom. The van der Waals surface area contributed by atoms with E-state index in [2.05, 4.69) is 146 Å². The van der Waals surface area contributed by atoms with Crippen LogP contribution in [-0.4, -0.2) is 0 Å². The van der Waals surface area contributed by atoms with Crippen molar-refractivity contribution in [3.63, 3.8) is 0 Å². The zero-order chi connectivity index (χ0) is 32.8. The van der Waals surface area contributed by atoms with Crippen LogP contribution in [-0.2, 0) is 0 Å². The summed E-state index contributed by atoms with van der Waals surface area (Å²) in [5, 5.41) is 11.8. The van der Waals surface area contributed by atoms with E-state index >= 15 is 0 Å². The maximum atomic E-state index is 6.64. The molecule has 0 unspecified atom stereocenters. The van der Waals surface area contributed by atoms with Gasteiger partial charge in [-0.05, 0) is 110 Å². The number of rotatable bonds is 3. The summed E-state index contributed by atoms with van der Waals surface area (Å²) in [6.07, 6.45) is 6.72. The Labute approximate surface area is 288 Å². The third kappa shape index (κ3) is 4.02. The van der Waals surface area contributed by atoms with Crippen molar-refractivity contribution < 1.29 is 8.83 Å². The van der Waals surface area contributed by atoms with Gasteiger partial charge in [0.1, 0.15) is 22.3 Å². The molecule has 0 atom stereocenters. The van der Waals surface area contributed by atoms with Gasteiger partial charge in [0.25, 0.3) is 0 Å². The Morgan fingerprint density at radius 1 is 0.340 bits per heavy atom. The molecule has 2 nitrogen and oxygen atoms in total. The minimum atomic E-state index is 0.880. The molecule has 0 saturated heterocycles. The topological polar surface area (TPSA) is 26.3 Å². The summed E-state index contributed by atoms with van der Waals surface area (Å²) >= 11 is 0. The fraction of sp³-hybridized carbons (Fsp3) is 0.0417. The molecule has 0 amide bonds. The van der Waals surface area contributed by atoms with E-state index in [1.807, 2.05) is 12.1 Å². The van der Waals surface area contributed by atoms with Crippen LogP contribution >= 0.6 is 0 Å². The molecule has 0 spiro atoms.